The van der Waals surface area contributed by atoms with E-state index in [-0.39, 0.29) is 11.4 Å². The molecular weight excluding hydrogens is 204 g/mol. The molecule has 0 amide bonds. The van der Waals surface area contributed by atoms with Crippen LogP contribution in [0.1, 0.15) is 17.7 Å². The maximum Gasteiger partial charge on any atom is 0.278 e. The fourth-order valence-electron chi connectivity index (χ4n) is 0.903. The average molecular weight is 210 g/mol. The smallest absolute Gasteiger partial charge is 0.278 e. The molecule has 6 heteroatoms. The van der Waals surface area contributed by atoms with Crippen LogP contribution in [0.5, 0.6) is 5.75 Å². The zero-order valence-corrected chi connectivity index (χ0v) is 7.11. The van der Waals surface area contributed by atoms with Gasteiger partial charge in [-0.2, -0.15) is 0 Å². The van der Waals surface area contributed by atoms with Crippen molar-refractivity contribution in [3.63, 3.8) is 0 Å². The van der Waals surface area contributed by atoms with Crippen molar-refractivity contribution in [3.8, 4) is 5.75 Å². The largest absolute Gasteiger partial charge is 0.503 e. The van der Waals surface area contributed by atoms with Crippen molar-refractivity contribution in [2.24, 2.45) is 0 Å². The van der Waals surface area contributed by atoms with Crippen molar-refractivity contribution in [2.75, 3.05) is 0 Å². The van der Waals surface area contributed by atoms with E-state index in [0.29, 0.717) is 0 Å². The van der Waals surface area contributed by atoms with Crippen LogP contribution in [-0.2, 0) is 5.88 Å². The van der Waals surface area contributed by atoms with E-state index in [1.54, 1.807) is 0 Å². The molecule has 0 unspecified atom stereocenters. The van der Waals surface area contributed by atoms with Gasteiger partial charge in [0.1, 0.15) is 0 Å². The number of alkyl halides is 3. The van der Waals surface area contributed by atoms with Crippen molar-refractivity contribution >= 4 is 11.6 Å². The molecule has 13 heavy (non-hydrogen) atoms. The second-order valence-electron chi connectivity index (χ2n) is 2.33. The lowest BCUT2D eigenvalue weighted by atomic mass is 10.2. The second kappa shape index (κ2) is 3.74. The van der Waals surface area contributed by atoms with Gasteiger partial charge in [-0.05, 0) is 0 Å². The van der Waals surface area contributed by atoms with E-state index in [1.807, 2.05) is 0 Å². The third-order valence-corrected chi connectivity index (χ3v) is 1.82. The topological polar surface area (TPSA) is 53.1 Å². The van der Waals surface area contributed by atoms with E-state index in [1.165, 1.54) is 0 Å². The first-order valence-electron chi connectivity index (χ1n) is 3.35. The van der Waals surface area contributed by atoms with Gasteiger partial charge in [0.05, 0.1) is 11.6 Å². The summed E-state index contributed by atoms with van der Waals surface area (Å²) >= 11 is 5.29. The van der Waals surface area contributed by atoms with Crippen LogP contribution in [-0.4, -0.2) is 10.1 Å². The third-order valence-electron chi connectivity index (χ3n) is 1.55. The van der Waals surface area contributed by atoms with Crippen LogP contribution in [0.15, 0.2) is 11.0 Å². The Labute approximate surface area is 77.0 Å². The van der Waals surface area contributed by atoms with Gasteiger partial charge < -0.3 is 10.1 Å². The standard InChI is InChI=1S/C7H6ClF2NO2/c8-1-3-5(7(9)10)11-2-4(12)6(3)13/h2,7,12H,1H2,(H,11,13). The summed E-state index contributed by atoms with van der Waals surface area (Å²) in [5.74, 6) is -0.969. The fraction of sp³-hybridized carbons (Fsp3) is 0.286. The highest BCUT2D eigenvalue weighted by Gasteiger charge is 2.17. The van der Waals surface area contributed by atoms with Gasteiger partial charge in [-0.3, -0.25) is 4.79 Å². The molecule has 0 bridgehead atoms. The molecule has 0 saturated carbocycles. The molecule has 0 aromatic carbocycles. The SMILES string of the molecule is O=c1c(O)c[nH]c(C(F)F)c1CCl. The molecule has 3 nitrogen and oxygen atoms in total. The summed E-state index contributed by atoms with van der Waals surface area (Å²) in [4.78, 5) is 13.1. The molecule has 0 aliphatic rings. The number of hydrogen-bond acceptors (Lipinski definition) is 2. The van der Waals surface area contributed by atoms with Gasteiger partial charge in [0, 0.05) is 11.8 Å². The lowest BCUT2D eigenvalue weighted by Gasteiger charge is -2.05. The lowest BCUT2D eigenvalue weighted by Crippen LogP contribution is -2.12. The van der Waals surface area contributed by atoms with Crippen molar-refractivity contribution in [1.82, 2.24) is 4.98 Å². The van der Waals surface area contributed by atoms with E-state index in [2.05, 4.69) is 4.98 Å². The molecule has 0 aliphatic heterocycles. The molecule has 0 aliphatic carbocycles. The molecule has 0 fully saturated rings. The highest BCUT2D eigenvalue weighted by molar-refractivity contribution is 6.17. The Morgan fingerprint density at radius 1 is 1.62 bits per heavy atom. The molecule has 72 valence electrons. The van der Waals surface area contributed by atoms with Crippen molar-refractivity contribution in [1.29, 1.82) is 0 Å². The van der Waals surface area contributed by atoms with Gasteiger partial charge in [-0.1, -0.05) is 0 Å². The van der Waals surface area contributed by atoms with Crippen LogP contribution < -0.4 is 5.43 Å². The highest BCUT2D eigenvalue weighted by atomic mass is 35.5. The number of aromatic amines is 1. The molecule has 1 heterocycles. The van der Waals surface area contributed by atoms with Crippen LogP contribution in [0.2, 0.25) is 0 Å². The summed E-state index contributed by atoms with van der Waals surface area (Å²) in [5.41, 5.74) is -1.70. The normalized spacial score (nSPS) is 10.8. The number of hydrogen-bond donors (Lipinski definition) is 2. The summed E-state index contributed by atoms with van der Waals surface area (Å²) in [6.45, 7) is 0. The molecule has 0 radical (unpaired) electrons. The average Bonchev–Trinajstić information content (AvgIpc) is 2.09. The first-order valence-corrected chi connectivity index (χ1v) is 3.89. The lowest BCUT2D eigenvalue weighted by molar-refractivity contribution is 0.145. The Bertz CT molecular complexity index is 364. The minimum Gasteiger partial charge on any atom is -0.503 e. The van der Waals surface area contributed by atoms with E-state index < -0.39 is 23.3 Å². The molecule has 1 rings (SSSR count). The van der Waals surface area contributed by atoms with Gasteiger partial charge in [0.2, 0.25) is 5.43 Å². The van der Waals surface area contributed by atoms with Crippen LogP contribution in [0.4, 0.5) is 8.78 Å². The minimum absolute atomic E-state index is 0.295. The van der Waals surface area contributed by atoms with Crippen LogP contribution in [0.25, 0.3) is 0 Å². The minimum atomic E-state index is -2.80. The van der Waals surface area contributed by atoms with Crippen molar-refractivity contribution < 1.29 is 13.9 Å². The van der Waals surface area contributed by atoms with Gasteiger partial charge >= 0.3 is 0 Å². The molecular formula is C7H6ClF2NO2. The molecule has 0 saturated heterocycles. The van der Waals surface area contributed by atoms with Gasteiger partial charge in [0.25, 0.3) is 6.43 Å². The van der Waals surface area contributed by atoms with Gasteiger partial charge in [-0.25, -0.2) is 8.78 Å². The molecule has 1 aromatic heterocycles. The van der Waals surface area contributed by atoms with Gasteiger partial charge in [-0.15, -0.1) is 11.6 Å². The fourth-order valence-corrected chi connectivity index (χ4v) is 1.17. The second-order valence-corrected chi connectivity index (χ2v) is 2.60. The van der Waals surface area contributed by atoms with E-state index in [0.717, 1.165) is 6.20 Å². The Morgan fingerprint density at radius 3 is 2.69 bits per heavy atom. The van der Waals surface area contributed by atoms with Crippen LogP contribution in [0.3, 0.4) is 0 Å². The van der Waals surface area contributed by atoms with Crippen molar-refractivity contribution in [2.45, 2.75) is 12.3 Å². The molecule has 0 atom stereocenters. The number of rotatable bonds is 2. The predicted molar refractivity (Wildman–Crippen MR) is 43.2 cm³/mol. The first kappa shape index (κ1) is 9.98. The summed E-state index contributed by atoms with van der Waals surface area (Å²) < 4.78 is 24.4. The third kappa shape index (κ3) is 1.80. The number of nitrogens with one attached hydrogen (secondary N) is 1. The predicted octanol–water partition coefficient (Wildman–Crippen LogP) is 1.76. The van der Waals surface area contributed by atoms with E-state index >= 15 is 0 Å². The summed E-state index contributed by atoms with van der Waals surface area (Å²) in [6.07, 6.45) is -1.98. The van der Waals surface area contributed by atoms with E-state index in [4.69, 9.17) is 16.7 Å². The zero-order chi connectivity index (χ0) is 10.0. The molecule has 2 N–H and O–H groups in total. The highest BCUT2D eigenvalue weighted by Crippen LogP contribution is 2.20. The van der Waals surface area contributed by atoms with E-state index in [9.17, 15) is 13.6 Å². The summed E-state index contributed by atoms with van der Waals surface area (Å²) in [5, 5.41) is 8.89. The maximum absolute atomic E-state index is 12.2. The Morgan fingerprint density at radius 2 is 2.23 bits per heavy atom. The first-order chi connectivity index (χ1) is 6.07. The van der Waals surface area contributed by atoms with Gasteiger partial charge in [0.15, 0.2) is 5.75 Å². The maximum atomic E-state index is 12.2. The summed E-state index contributed by atoms with van der Waals surface area (Å²) in [6, 6.07) is 0. The van der Waals surface area contributed by atoms with Crippen molar-refractivity contribution in [3.05, 3.63) is 27.7 Å². The number of H-pyrrole nitrogens is 1. The number of pyridine rings is 1. The van der Waals surface area contributed by atoms with Crippen LogP contribution >= 0.6 is 11.6 Å². The quantitative estimate of drug-likeness (QED) is 0.730. The Hall–Kier alpha value is -1.10. The number of halogens is 3. The monoisotopic (exact) mass is 209 g/mol. The Kier molecular flexibility index (Phi) is 2.87. The number of aromatic nitrogens is 1. The zero-order valence-electron chi connectivity index (χ0n) is 6.35. The molecule has 0 spiro atoms. The Balaban J connectivity index is 3.39. The number of aromatic hydroxyl groups is 1. The summed E-state index contributed by atoms with van der Waals surface area (Å²) in [7, 11) is 0. The van der Waals surface area contributed by atoms with Crippen LogP contribution in [0, 0.1) is 0 Å². The molecule has 1 aromatic rings.